The molecule has 1 aromatic carbocycles. The fourth-order valence-electron chi connectivity index (χ4n) is 5.25. The molecular formula is C33H55N5O4. The Bertz CT molecular complexity index is 1100. The average Bonchev–Trinajstić information content (AvgIpc) is 3.29. The fraction of sp³-hybridized carbons (Fsp3) is 0.727. The second-order valence-corrected chi connectivity index (χ2v) is 12.0. The summed E-state index contributed by atoms with van der Waals surface area (Å²) in [5.74, 6) is -0.0309. The zero-order chi connectivity index (χ0) is 30.6. The van der Waals surface area contributed by atoms with Crippen LogP contribution in [0.25, 0.3) is 0 Å². The number of nitrogens with one attached hydrogen (secondary N) is 2. The van der Waals surface area contributed by atoms with Crippen LogP contribution in [0.15, 0.2) is 34.3 Å². The van der Waals surface area contributed by atoms with Crippen molar-refractivity contribution >= 4 is 17.3 Å². The minimum absolute atomic E-state index is 0.0306. The number of benzene rings is 1. The maximum atomic E-state index is 12.4. The van der Waals surface area contributed by atoms with Gasteiger partial charge in [0.2, 0.25) is 5.91 Å². The van der Waals surface area contributed by atoms with Crippen molar-refractivity contribution in [3.8, 4) is 0 Å². The van der Waals surface area contributed by atoms with E-state index in [-0.39, 0.29) is 24.2 Å². The third kappa shape index (κ3) is 13.9. The number of aliphatic hydroxyl groups excluding tert-OH is 1. The number of non-ortho nitro benzene ring substituents is 1. The first-order valence-corrected chi connectivity index (χ1v) is 16.3. The monoisotopic (exact) mass is 585 g/mol. The van der Waals surface area contributed by atoms with E-state index in [0.29, 0.717) is 30.1 Å². The van der Waals surface area contributed by atoms with Crippen LogP contribution in [0.1, 0.15) is 130 Å². The summed E-state index contributed by atoms with van der Waals surface area (Å²) in [6.45, 7) is 6.51. The topological polar surface area (TPSA) is 129 Å². The van der Waals surface area contributed by atoms with Gasteiger partial charge < -0.3 is 15.7 Å². The van der Waals surface area contributed by atoms with E-state index >= 15 is 0 Å². The molecule has 9 heteroatoms. The number of carbonyl (C=O) groups excluding carboxylic acids is 1. The summed E-state index contributed by atoms with van der Waals surface area (Å²) >= 11 is 0. The van der Waals surface area contributed by atoms with Crippen molar-refractivity contribution in [2.24, 2.45) is 9.98 Å². The number of nitrogens with zero attached hydrogens (tertiary/aromatic N) is 3. The van der Waals surface area contributed by atoms with Crippen molar-refractivity contribution < 1.29 is 14.8 Å². The highest BCUT2D eigenvalue weighted by Crippen LogP contribution is 2.17. The van der Waals surface area contributed by atoms with Crippen LogP contribution in [-0.4, -0.2) is 40.8 Å². The summed E-state index contributed by atoms with van der Waals surface area (Å²) in [4.78, 5) is 32.2. The van der Waals surface area contributed by atoms with E-state index in [2.05, 4.69) is 39.7 Å². The van der Waals surface area contributed by atoms with Crippen LogP contribution in [0.3, 0.4) is 0 Å². The summed E-state index contributed by atoms with van der Waals surface area (Å²) in [7, 11) is 0. The van der Waals surface area contributed by atoms with E-state index in [9.17, 15) is 20.0 Å². The van der Waals surface area contributed by atoms with E-state index in [1.165, 1.54) is 76.7 Å². The van der Waals surface area contributed by atoms with Crippen molar-refractivity contribution in [2.75, 3.05) is 18.5 Å². The van der Waals surface area contributed by atoms with Gasteiger partial charge in [-0.25, -0.2) is 4.99 Å². The number of nitro groups is 1. The van der Waals surface area contributed by atoms with E-state index < -0.39 is 10.6 Å². The van der Waals surface area contributed by atoms with Gasteiger partial charge in [-0.15, -0.1) is 0 Å². The maximum absolute atomic E-state index is 12.4. The van der Waals surface area contributed by atoms with Gasteiger partial charge in [-0.1, -0.05) is 89.7 Å². The van der Waals surface area contributed by atoms with Crippen molar-refractivity contribution in [1.82, 2.24) is 5.32 Å². The van der Waals surface area contributed by atoms with Crippen LogP contribution in [0.5, 0.6) is 0 Å². The Labute approximate surface area is 252 Å². The molecule has 0 spiro atoms. The molecule has 3 N–H and O–H groups in total. The molecule has 0 saturated carbocycles. The number of carbonyl (C=O) groups is 1. The number of hydrogen-bond acceptors (Lipinski definition) is 7. The third-order valence-electron chi connectivity index (χ3n) is 7.64. The lowest BCUT2D eigenvalue weighted by atomic mass is 10.1. The summed E-state index contributed by atoms with van der Waals surface area (Å²) in [6.07, 6.45) is 23.6. The molecule has 236 valence electrons. The quantitative estimate of drug-likeness (QED) is 0.0539. The number of rotatable bonds is 24. The number of nitro benzene ring substituents is 1. The van der Waals surface area contributed by atoms with Crippen LogP contribution in [0.2, 0.25) is 0 Å². The number of allylic oxidation sites excluding steroid dienone is 1. The standard InChI is InChI=1S/C33H55N5O4/c1-4-5-6-7-8-9-10-11-12-13-14-15-16-18-21-27(26-39)35-30(40)22-19-17-20-25-34-28-23-24-29(38(41)42)32-31(28)36-33(2,3)37-32/h16,18,23-24,27,34,39H,4-15,17,19-22,25-26H2,1-3H3,(H,35,40)/b18-16+/t27-/m1/s1. The third-order valence-corrected chi connectivity index (χ3v) is 7.64. The van der Waals surface area contributed by atoms with Crippen molar-refractivity contribution in [3.05, 3.63) is 45.1 Å². The summed E-state index contributed by atoms with van der Waals surface area (Å²) in [5, 5.41) is 28.2. The summed E-state index contributed by atoms with van der Waals surface area (Å²) in [5.41, 5.74) is -0.00529. The van der Waals surface area contributed by atoms with Crippen LogP contribution in [0, 0.1) is 10.1 Å². The molecular weight excluding hydrogens is 530 g/mol. The number of fused-ring (bicyclic) bond motifs is 1. The van der Waals surface area contributed by atoms with Gasteiger partial charge in [0.05, 0.1) is 23.3 Å². The highest BCUT2D eigenvalue weighted by Gasteiger charge is 2.25. The van der Waals surface area contributed by atoms with Crippen LogP contribution >= 0.6 is 0 Å². The number of amides is 1. The van der Waals surface area contributed by atoms with Gasteiger partial charge in [-0.05, 0) is 52.0 Å². The maximum Gasteiger partial charge on any atom is 0.296 e. The largest absolute Gasteiger partial charge is 0.394 e. The normalized spacial score (nSPS) is 14.3. The van der Waals surface area contributed by atoms with E-state index in [0.717, 1.165) is 31.4 Å². The second kappa shape index (κ2) is 20.2. The van der Waals surface area contributed by atoms with Crippen LogP contribution < -0.4 is 21.3 Å². The molecule has 0 unspecified atom stereocenters. The van der Waals surface area contributed by atoms with Crippen LogP contribution in [-0.2, 0) is 4.79 Å². The molecule has 1 aromatic rings. The van der Waals surface area contributed by atoms with Crippen molar-refractivity contribution in [2.45, 2.75) is 142 Å². The smallest absolute Gasteiger partial charge is 0.296 e. The predicted molar refractivity (Wildman–Crippen MR) is 170 cm³/mol. The van der Waals surface area contributed by atoms with E-state index in [1.54, 1.807) is 6.07 Å². The SMILES string of the molecule is CCCCCCCCCCCCC/C=C/C[C@H](CO)NC(=O)CCCCCNc1ccc([N+](=O)[O-])c2c1=NC(C)(C)N=2. The molecule has 0 saturated heterocycles. The van der Waals surface area contributed by atoms with Gasteiger partial charge in [0.25, 0.3) is 5.69 Å². The first-order chi connectivity index (χ1) is 20.3. The lowest BCUT2D eigenvalue weighted by Crippen LogP contribution is -2.36. The number of hydrogen-bond donors (Lipinski definition) is 3. The lowest BCUT2D eigenvalue weighted by Gasteiger charge is -2.14. The minimum Gasteiger partial charge on any atom is -0.394 e. The number of unbranched alkanes of at least 4 members (excludes halogenated alkanes) is 13. The van der Waals surface area contributed by atoms with Crippen molar-refractivity contribution in [1.29, 1.82) is 0 Å². The molecule has 1 amide bonds. The first-order valence-electron chi connectivity index (χ1n) is 16.3. The molecule has 1 heterocycles. The van der Waals surface area contributed by atoms with Gasteiger partial charge in [0, 0.05) is 19.0 Å². The molecule has 0 aromatic heterocycles. The van der Waals surface area contributed by atoms with Gasteiger partial charge in [0.1, 0.15) is 11.0 Å². The van der Waals surface area contributed by atoms with Gasteiger partial charge >= 0.3 is 0 Å². The van der Waals surface area contributed by atoms with Gasteiger partial charge in [-0.3, -0.25) is 19.9 Å². The number of aliphatic hydroxyl groups is 1. The molecule has 9 nitrogen and oxygen atoms in total. The van der Waals surface area contributed by atoms with E-state index in [1.807, 2.05) is 13.8 Å². The zero-order valence-electron chi connectivity index (χ0n) is 26.3. The molecule has 1 atom stereocenters. The van der Waals surface area contributed by atoms with Gasteiger partial charge in [-0.2, -0.15) is 0 Å². The molecule has 0 fully saturated rings. The highest BCUT2D eigenvalue weighted by atomic mass is 16.6. The molecule has 1 aliphatic heterocycles. The summed E-state index contributed by atoms with van der Waals surface area (Å²) in [6, 6.07) is 2.92. The Kier molecular flexibility index (Phi) is 17.0. The Morgan fingerprint density at radius 2 is 1.55 bits per heavy atom. The number of anilines is 1. The Balaban J connectivity index is 1.53. The van der Waals surface area contributed by atoms with E-state index in [4.69, 9.17) is 0 Å². The van der Waals surface area contributed by atoms with Crippen LogP contribution in [0.4, 0.5) is 11.4 Å². The van der Waals surface area contributed by atoms with Crippen molar-refractivity contribution in [3.63, 3.8) is 0 Å². The van der Waals surface area contributed by atoms with Gasteiger partial charge in [0.15, 0.2) is 5.36 Å². The molecule has 0 aliphatic carbocycles. The molecule has 42 heavy (non-hydrogen) atoms. The Morgan fingerprint density at radius 3 is 2.19 bits per heavy atom. The Morgan fingerprint density at radius 1 is 0.929 bits per heavy atom. The zero-order valence-corrected chi connectivity index (χ0v) is 26.3. The predicted octanol–water partition coefficient (Wildman–Crippen LogP) is 6.68. The molecule has 2 rings (SSSR count). The molecule has 0 bridgehead atoms. The highest BCUT2D eigenvalue weighted by molar-refractivity contribution is 5.76. The molecule has 1 aliphatic rings. The Hall–Kier alpha value is -2.81. The lowest BCUT2D eigenvalue weighted by molar-refractivity contribution is -0.386. The summed E-state index contributed by atoms with van der Waals surface area (Å²) < 4.78 is 0. The minimum atomic E-state index is -0.715. The first kappa shape index (κ1) is 35.4. The molecule has 0 radical (unpaired) electrons. The average molecular weight is 586 g/mol. The second-order valence-electron chi connectivity index (χ2n) is 12.0. The fourth-order valence-corrected chi connectivity index (χ4v) is 5.25.